The first-order valence-electron chi connectivity index (χ1n) is 6.70. The van der Waals surface area contributed by atoms with Crippen molar-refractivity contribution in [2.45, 2.75) is 12.6 Å². The molecule has 1 atom stereocenters. The molecule has 22 heavy (non-hydrogen) atoms. The molecule has 1 aliphatic heterocycles. The molecule has 0 saturated heterocycles. The molecule has 2 aromatic rings. The maximum atomic E-state index is 13.3. The summed E-state index contributed by atoms with van der Waals surface area (Å²) in [6.07, 6.45) is 0. The van der Waals surface area contributed by atoms with Crippen LogP contribution in [0.4, 0.5) is 4.39 Å². The van der Waals surface area contributed by atoms with E-state index in [1.807, 2.05) is 0 Å². The number of hydrogen-bond donors (Lipinski definition) is 2. The molecular formula is C16H13ClFNO3. The van der Waals surface area contributed by atoms with E-state index in [0.29, 0.717) is 17.3 Å². The van der Waals surface area contributed by atoms with E-state index < -0.39 is 12.6 Å². The third-order valence-corrected chi connectivity index (χ3v) is 3.78. The molecule has 2 N–H and O–H groups in total. The van der Waals surface area contributed by atoms with Crippen LogP contribution in [0.1, 0.15) is 22.7 Å². The molecule has 6 heteroatoms. The van der Waals surface area contributed by atoms with Crippen LogP contribution < -0.4 is 10.1 Å². The Morgan fingerprint density at radius 1 is 1.32 bits per heavy atom. The van der Waals surface area contributed by atoms with Crippen LogP contribution in [0.5, 0.6) is 5.75 Å². The Hall–Kier alpha value is -2.11. The molecule has 4 nitrogen and oxygen atoms in total. The summed E-state index contributed by atoms with van der Waals surface area (Å²) in [4.78, 5) is 10.7. The van der Waals surface area contributed by atoms with Gasteiger partial charge in [0.05, 0.1) is 6.04 Å². The number of ether oxygens (including phenoxy) is 1. The zero-order valence-electron chi connectivity index (χ0n) is 11.5. The summed E-state index contributed by atoms with van der Waals surface area (Å²) < 4.78 is 18.6. The second-order valence-electron chi connectivity index (χ2n) is 5.02. The summed E-state index contributed by atoms with van der Waals surface area (Å²) in [5.74, 6) is -0.890. The zero-order valence-corrected chi connectivity index (χ0v) is 12.2. The molecule has 0 saturated carbocycles. The molecule has 0 fully saturated rings. The maximum absolute atomic E-state index is 13.3. The third kappa shape index (κ3) is 2.91. The third-order valence-electron chi connectivity index (χ3n) is 3.55. The van der Waals surface area contributed by atoms with Crippen molar-refractivity contribution in [3.8, 4) is 5.75 Å². The normalized spacial score (nSPS) is 16.4. The predicted molar refractivity (Wildman–Crippen MR) is 79.7 cm³/mol. The van der Waals surface area contributed by atoms with Crippen LogP contribution in [0.3, 0.4) is 0 Å². The highest BCUT2D eigenvalue weighted by atomic mass is 35.5. The summed E-state index contributed by atoms with van der Waals surface area (Å²) in [7, 11) is 0. The molecule has 1 unspecified atom stereocenters. The molecule has 0 aliphatic carbocycles. The van der Waals surface area contributed by atoms with E-state index >= 15 is 0 Å². The number of benzene rings is 2. The van der Waals surface area contributed by atoms with Crippen LogP contribution >= 0.6 is 11.6 Å². The minimum Gasteiger partial charge on any atom is -0.482 e. The van der Waals surface area contributed by atoms with Gasteiger partial charge in [0.15, 0.2) is 6.61 Å². The summed E-state index contributed by atoms with van der Waals surface area (Å²) in [5, 5.41) is 12.6. The molecule has 0 spiro atoms. The van der Waals surface area contributed by atoms with Gasteiger partial charge in [-0.3, -0.25) is 0 Å². The van der Waals surface area contributed by atoms with Crippen molar-refractivity contribution in [2.24, 2.45) is 0 Å². The first-order chi connectivity index (χ1) is 10.5. The fraction of sp³-hybridized carbons (Fsp3) is 0.188. The van der Waals surface area contributed by atoms with Gasteiger partial charge >= 0.3 is 5.97 Å². The van der Waals surface area contributed by atoms with Crippen LogP contribution in [-0.4, -0.2) is 17.7 Å². The highest BCUT2D eigenvalue weighted by molar-refractivity contribution is 6.30. The quantitative estimate of drug-likeness (QED) is 0.908. The minimum absolute atomic E-state index is 0.210. The molecule has 2 aromatic carbocycles. The van der Waals surface area contributed by atoms with Crippen molar-refractivity contribution in [2.75, 3.05) is 6.61 Å². The van der Waals surface area contributed by atoms with Gasteiger partial charge in [-0.05, 0) is 41.5 Å². The van der Waals surface area contributed by atoms with E-state index in [4.69, 9.17) is 21.4 Å². The number of carboxylic acids is 1. The van der Waals surface area contributed by atoms with E-state index in [0.717, 1.165) is 16.7 Å². The first-order valence-corrected chi connectivity index (χ1v) is 7.08. The monoisotopic (exact) mass is 321 g/mol. The molecule has 1 heterocycles. The van der Waals surface area contributed by atoms with Gasteiger partial charge in [-0.15, -0.1) is 0 Å². The lowest BCUT2D eigenvalue weighted by Gasteiger charge is -2.17. The molecule has 3 rings (SSSR count). The molecule has 0 radical (unpaired) electrons. The fourth-order valence-electron chi connectivity index (χ4n) is 2.62. The van der Waals surface area contributed by atoms with E-state index in [1.54, 1.807) is 24.3 Å². The number of carboxylic acid groups (broad SMARTS) is 1. The average molecular weight is 322 g/mol. The standard InChI is InChI=1S/C16H13ClFNO3/c17-10-1-4-14(22-8-15(20)21)13(6-10)16-12-3-2-11(18)5-9(12)7-19-16/h1-6,16,19H,7-8H2,(H,20,21). The van der Waals surface area contributed by atoms with Gasteiger partial charge in [0.1, 0.15) is 11.6 Å². The van der Waals surface area contributed by atoms with Gasteiger partial charge in [-0.25, -0.2) is 9.18 Å². The number of fused-ring (bicyclic) bond motifs is 1. The molecule has 1 aliphatic rings. The highest BCUT2D eigenvalue weighted by Crippen LogP contribution is 2.37. The first kappa shape index (κ1) is 14.8. The van der Waals surface area contributed by atoms with Crippen molar-refractivity contribution < 1.29 is 19.0 Å². The van der Waals surface area contributed by atoms with Crippen molar-refractivity contribution in [1.29, 1.82) is 0 Å². The second-order valence-corrected chi connectivity index (χ2v) is 5.46. The Balaban J connectivity index is 1.98. The zero-order chi connectivity index (χ0) is 15.7. The number of halogens is 2. The summed E-state index contributed by atoms with van der Waals surface area (Å²) in [6, 6.07) is 9.42. The maximum Gasteiger partial charge on any atom is 0.341 e. The SMILES string of the molecule is O=C(O)COc1ccc(Cl)cc1C1NCc2cc(F)ccc21. The minimum atomic E-state index is -1.05. The lowest BCUT2D eigenvalue weighted by molar-refractivity contribution is -0.139. The number of rotatable bonds is 4. The van der Waals surface area contributed by atoms with Crippen LogP contribution in [0.2, 0.25) is 5.02 Å². The lowest BCUT2D eigenvalue weighted by atomic mass is 9.97. The fourth-order valence-corrected chi connectivity index (χ4v) is 2.80. The Morgan fingerprint density at radius 2 is 2.14 bits per heavy atom. The largest absolute Gasteiger partial charge is 0.482 e. The molecule has 0 amide bonds. The molecule has 114 valence electrons. The van der Waals surface area contributed by atoms with E-state index in [-0.39, 0.29) is 11.9 Å². The topological polar surface area (TPSA) is 58.6 Å². The van der Waals surface area contributed by atoms with E-state index in [1.165, 1.54) is 12.1 Å². The van der Waals surface area contributed by atoms with Crippen molar-refractivity contribution >= 4 is 17.6 Å². The summed E-state index contributed by atoms with van der Waals surface area (Å²) >= 11 is 6.05. The Bertz CT molecular complexity index is 735. The molecular weight excluding hydrogens is 309 g/mol. The number of aliphatic carboxylic acids is 1. The smallest absolute Gasteiger partial charge is 0.341 e. The van der Waals surface area contributed by atoms with Crippen molar-refractivity contribution in [3.05, 3.63) is 63.9 Å². The molecule has 0 bridgehead atoms. The van der Waals surface area contributed by atoms with Gasteiger partial charge < -0.3 is 15.2 Å². The summed E-state index contributed by atoms with van der Waals surface area (Å²) in [6.45, 7) is 0.0975. The van der Waals surface area contributed by atoms with Crippen molar-refractivity contribution in [3.63, 3.8) is 0 Å². The van der Waals surface area contributed by atoms with Crippen LogP contribution in [-0.2, 0) is 11.3 Å². The number of carbonyl (C=O) groups is 1. The second kappa shape index (κ2) is 5.94. The van der Waals surface area contributed by atoms with Crippen molar-refractivity contribution in [1.82, 2.24) is 5.32 Å². The molecule has 0 aromatic heterocycles. The van der Waals surface area contributed by atoms with Crippen LogP contribution in [0, 0.1) is 5.82 Å². The van der Waals surface area contributed by atoms with E-state index in [2.05, 4.69) is 5.32 Å². The van der Waals surface area contributed by atoms with Gasteiger partial charge in [0.2, 0.25) is 0 Å². The number of nitrogens with one attached hydrogen (secondary N) is 1. The predicted octanol–water partition coefficient (Wildman–Crippen LogP) is 3.14. The lowest BCUT2D eigenvalue weighted by Crippen LogP contribution is -2.16. The van der Waals surface area contributed by atoms with Gasteiger partial charge in [0, 0.05) is 17.1 Å². The Morgan fingerprint density at radius 3 is 2.91 bits per heavy atom. The number of hydrogen-bond acceptors (Lipinski definition) is 3. The van der Waals surface area contributed by atoms with Gasteiger partial charge in [-0.2, -0.15) is 0 Å². The summed E-state index contributed by atoms with van der Waals surface area (Å²) in [5.41, 5.74) is 2.54. The van der Waals surface area contributed by atoms with Crippen LogP contribution in [0.25, 0.3) is 0 Å². The van der Waals surface area contributed by atoms with Crippen LogP contribution in [0.15, 0.2) is 36.4 Å². The van der Waals surface area contributed by atoms with Gasteiger partial charge in [0.25, 0.3) is 0 Å². The Kier molecular flexibility index (Phi) is 4.00. The van der Waals surface area contributed by atoms with Gasteiger partial charge in [-0.1, -0.05) is 17.7 Å². The Labute approximate surface area is 131 Å². The van der Waals surface area contributed by atoms with E-state index in [9.17, 15) is 9.18 Å². The highest BCUT2D eigenvalue weighted by Gasteiger charge is 2.26. The average Bonchev–Trinajstić information content (AvgIpc) is 2.88.